The summed E-state index contributed by atoms with van der Waals surface area (Å²) >= 11 is 0. The van der Waals surface area contributed by atoms with Gasteiger partial charge in [0.2, 0.25) is 5.91 Å². The van der Waals surface area contributed by atoms with Crippen LogP contribution in [0.1, 0.15) is 22.3 Å². The Morgan fingerprint density at radius 3 is 2.14 bits per heavy atom. The van der Waals surface area contributed by atoms with E-state index in [1.54, 1.807) is 6.07 Å². The minimum absolute atomic E-state index is 0.0203. The number of carbonyl (C=O) groups is 2. The number of benzene rings is 2. The van der Waals surface area contributed by atoms with Crippen LogP contribution in [0.15, 0.2) is 59.5 Å². The molecule has 0 radical (unpaired) electrons. The molecule has 0 saturated carbocycles. The van der Waals surface area contributed by atoms with E-state index in [0.717, 1.165) is 18.2 Å². The first-order valence-corrected chi connectivity index (χ1v) is 9.72. The minimum atomic E-state index is -4.77. The molecule has 6 nitrogen and oxygen atoms in total. The van der Waals surface area contributed by atoms with Gasteiger partial charge in [-0.25, -0.2) is 8.42 Å². The molecule has 0 aromatic heterocycles. The second kappa shape index (κ2) is 8.42. The number of carbonyl (C=O) groups excluding carboxylic acids is 2. The Balaban J connectivity index is 2.16. The zero-order valence-corrected chi connectivity index (χ0v) is 15.3. The zero-order valence-electron chi connectivity index (χ0n) is 14.4. The second-order valence-electron chi connectivity index (χ2n) is 5.89. The number of alkyl halides is 3. The largest absolute Gasteiger partial charge is 0.417 e. The molecule has 1 atom stereocenters. The lowest BCUT2D eigenvalue weighted by molar-refractivity contribution is -0.137. The fourth-order valence-corrected chi connectivity index (χ4v) is 3.82. The molecule has 0 unspecified atom stereocenters. The van der Waals surface area contributed by atoms with Crippen LogP contribution in [0.2, 0.25) is 0 Å². The molecule has 10 heteroatoms. The van der Waals surface area contributed by atoms with E-state index < -0.39 is 50.7 Å². The Morgan fingerprint density at radius 2 is 1.57 bits per heavy atom. The van der Waals surface area contributed by atoms with E-state index in [4.69, 9.17) is 5.73 Å². The Bertz CT molecular complexity index is 960. The van der Waals surface area contributed by atoms with Crippen molar-refractivity contribution in [2.75, 3.05) is 5.75 Å². The van der Waals surface area contributed by atoms with Crippen molar-refractivity contribution < 1.29 is 31.2 Å². The predicted octanol–water partition coefficient (Wildman–Crippen LogP) is 2.15. The van der Waals surface area contributed by atoms with Crippen LogP contribution >= 0.6 is 0 Å². The van der Waals surface area contributed by atoms with Crippen LogP contribution in [0.25, 0.3) is 0 Å². The highest BCUT2D eigenvalue weighted by Crippen LogP contribution is 2.31. The lowest BCUT2D eigenvalue weighted by Gasteiger charge is -2.18. The fraction of sp³-hybridized carbons (Fsp3) is 0.222. The van der Waals surface area contributed by atoms with E-state index in [9.17, 15) is 31.2 Å². The van der Waals surface area contributed by atoms with Crippen molar-refractivity contribution in [1.29, 1.82) is 0 Å². The molecule has 0 aliphatic rings. The molecule has 0 aliphatic carbocycles. The summed E-state index contributed by atoms with van der Waals surface area (Å²) in [6.07, 6.45) is -5.15. The maximum atomic E-state index is 13.0. The summed E-state index contributed by atoms with van der Waals surface area (Å²) in [6, 6.07) is 10.0. The van der Waals surface area contributed by atoms with Crippen LogP contribution in [0.3, 0.4) is 0 Å². The van der Waals surface area contributed by atoms with Crippen LogP contribution in [0.5, 0.6) is 0 Å². The molecule has 0 fully saturated rings. The Kier molecular flexibility index (Phi) is 6.45. The molecule has 3 N–H and O–H groups in total. The van der Waals surface area contributed by atoms with Gasteiger partial charge < -0.3 is 11.1 Å². The van der Waals surface area contributed by atoms with Gasteiger partial charge in [0, 0.05) is 0 Å². The molecule has 2 aromatic rings. The van der Waals surface area contributed by atoms with Crippen molar-refractivity contribution in [1.82, 2.24) is 5.32 Å². The number of nitrogens with two attached hydrogens (primary N) is 1. The number of amides is 2. The first-order valence-electron chi connectivity index (χ1n) is 8.06. The van der Waals surface area contributed by atoms with Gasteiger partial charge in [-0.2, -0.15) is 13.2 Å². The van der Waals surface area contributed by atoms with E-state index in [-0.39, 0.29) is 11.3 Å². The first kappa shape index (κ1) is 21.4. The fourth-order valence-electron chi connectivity index (χ4n) is 2.47. The van der Waals surface area contributed by atoms with Crippen LogP contribution in [0.4, 0.5) is 13.2 Å². The van der Waals surface area contributed by atoms with Crippen molar-refractivity contribution in [3.63, 3.8) is 0 Å². The summed E-state index contributed by atoms with van der Waals surface area (Å²) in [7, 11) is -3.76. The van der Waals surface area contributed by atoms with Crippen molar-refractivity contribution in [3.8, 4) is 0 Å². The quantitative estimate of drug-likeness (QED) is 0.724. The summed E-state index contributed by atoms with van der Waals surface area (Å²) < 4.78 is 63.7. The van der Waals surface area contributed by atoms with Gasteiger partial charge in [0.25, 0.3) is 5.91 Å². The van der Waals surface area contributed by atoms with Gasteiger partial charge >= 0.3 is 6.18 Å². The average molecular weight is 414 g/mol. The molecule has 28 heavy (non-hydrogen) atoms. The Labute approximate surface area is 159 Å². The number of nitrogens with one attached hydrogen (secondary N) is 1. The maximum absolute atomic E-state index is 13.0. The third kappa shape index (κ3) is 5.32. The number of rotatable bonds is 7. The topological polar surface area (TPSA) is 106 Å². The normalized spacial score (nSPS) is 13.0. The lowest BCUT2D eigenvalue weighted by Crippen LogP contribution is -2.45. The summed E-state index contributed by atoms with van der Waals surface area (Å²) in [5.41, 5.74) is 3.32. The molecule has 150 valence electrons. The van der Waals surface area contributed by atoms with E-state index in [0.29, 0.717) is 0 Å². The summed E-state index contributed by atoms with van der Waals surface area (Å²) in [5, 5.41) is 2.09. The Hall–Kier alpha value is -2.88. The molecule has 0 bridgehead atoms. The van der Waals surface area contributed by atoms with E-state index in [1.807, 2.05) is 0 Å². The highest BCUT2D eigenvalue weighted by Gasteiger charge is 2.35. The highest BCUT2D eigenvalue weighted by molar-refractivity contribution is 7.91. The standard InChI is InChI=1S/C18H17F3N2O4S/c19-18(20,21)14-9-5-4-8-13(14)17(25)23-15(16(22)24)10-11-28(26,27)12-6-2-1-3-7-12/h1-9,15H,10-11H2,(H2,22,24)(H,23,25)/t15-/m1/s1. The number of halogens is 3. The molecule has 0 saturated heterocycles. The van der Waals surface area contributed by atoms with Crippen molar-refractivity contribution in [2.24, 2.45) is 5.73 Å². The molecule has 0 aliphatic heterocycles. The number of sulfone groups is 1. The van der Waals surface area contributed by atoms with Gasteiger partial charge in [-0.1, -0.05) is 30.3 Å². The molecule has 2 aromatic carbocycles. The Morgan fingerprint density at radius 1 is 1.00 bits per heavy atom. The lowest BCUT2D eigenvalue weighted by atomic mass is 10.1. The van der Waals surface area contributed by atoms with Crippen molar-refractivity contribution in [2.45, 2.75) is 23.5 Å². The smallest absolute Gasteiger partial charge is 0.368 e. The summed E-state index contributed by atoms with van der Waals surface area (Å²) in [6.45, 7) is 0. The SMILES string of the molecule is NC(=O)[C@@H](CCS(=O)(=O)c1ccccc1)NC(=O)c1ccccc1C(F)(F)F. The molecular weight excluding hydrogens is 397 g/mol. The molecule has 2 amide bonds. The second-order valence-corrected chi connectivity index (χ2v) is 8.00. The zero-order chi connectivity index (χ0) is 20.9. The predicted molar refractivity (Wildman–Crippen MR) is 95.0 cm³/mol. The van der Waals surface area contributed by atoms with Crippen LogP contribution in [-0.4, -0.2) is 32.0 Å². The maximum Gasteiger partial charge on any atom is 0.417 e. The van der Waals surface area contributed by atoms with Gasteiger partial charge in [-0.3, -0.25) is 9.59 Å². The third-order valence-corrected chi connectivity index (χ3v) is 5.67. The number of hydrogen-bond donors (Lipinski definition) is 2. The molecule has 0 heterocycles. The summed E-state index contributed by atoms with van der Waals surface area (Å²) in [5.74, 6) is -2.75. The van der Waals surface area contributed by atoms with Gasteiger partial charge in [0.05, 0.1) is 21.8 Å². The van der Waals surface area contributed by atoms with Gasteiger partial charge in [0.1, 0.15) is 6.04 Å². The molecule has 2 rings (SSSR count). The van der Waals surface area contributed by atoms with Crippen molar-refractivity contribution in [3.05, 3.63) is 65.7 Å². The molecular formula is C18H17F3N2O4S. The van der Waals surface area contributed by atoms with E-state index >= 15 is 0 Å². The number of primary amides is 1. The first-order chi connectivity index (χ1) is 13.0. The van der Waals surface area contributed by atoms with Gasteiger partial charge in [0.15, 0.2) is 9.84 Å². The average Bonchev–Trinajstić information content (AvgIpc) is 2.64. The van der Waals surface area contributed by atoms with Crippen molar-refractivity contribution >= 4 is 21.7 Å². The molecule has 0 spiro atoms. The third-order valence-electron chi connectivity index (χ3n) is 3.90. The number of hydrogen-bond acceptors (Lipinski definition) is 4. The van der Waals surface area contributed by atoms with Crippen LogP contribution in [0, 0.1) is 0 Å². The van der Waals surface area contributed by atoms with E-state index in [2.05, 4.69) is 5.32 Å². The van der Waals surface area contributed by atoms with Crippen LogP contribution < -0.4 is 11.1 Å². The summed E-state index contributed by atoms with van der Waals surface area (Å²) in [4.78, 5) is 23.9. The minimum Gasteiger partial charge on any atom is -0.368 e. The monoisotopic (exact) mass is 414 g/mol. The van der Waals surface area contributed by atoms with Gasteiger partial charge in [-0.05, 0) is 30.7 Å². The van der Waals surface area contributed by atoms with Crippen LogP contribution in [-0.2, 0) is 20.8 Å². The highest BCUT2D eigenvalue weighted by atomic mass is 32.2. The van der Waals surface area contributed by atoms with Gasteiger partial charge in [-0.15, -0.1) is 0 Å². The van der Waals surface area contributed by atoms with E-state index in [1.165, 1.54) is 30.3 Å².